The van der Waals surface area contributed by atoms with Crippen molar-refractivity contribution in [3.05, 3.63) is 0 Å². The third kappa shape index (κ3) is 4.79. The molecular weight excluding hydrogens is 144 g/mol. The lowest BCUT2D eigenvalue weighted by atomic mass is 10.00. The second-order valence-corrected chi connectivity index (χ2v) is 3.28. The third-order valence-electron chi connectivity index (χ3n) is 1.67. The number of hydrogen-bond acceptors (Lipinski definition) is 3. The summed E-state index contributed by atoms with van der Waals surface area (Å²) in [7, 11) is 0. The molecule has 1 unspecified atom stereocenters. The fourth-order valence-electron chi connectivity index (χ4n) is 0.791. The summed E-state index contributed by atoms with van der Waals surface area (Å²) >= 11 is 0. The van der Waals surface area contributed by atoms with E-state index in [0.29, 0.717) is 5.92 Å². The highest BCUT2D eigenvalue weighted by molar-refractivity contribution is 5.71. The Morgan fingerprint density at radius 1 is 1.36 bits per heavy atom. The monoisotopic (exact) mass is 160 g/mol. The van der Waals surface area contributed by atoms with Gasteiger partial charge < -0.3 is 4.89 Å². The van der Waals surface area contributed by atoms with Crippen molar-refractivity contribution in [2.24, 2.45) is 11.8 Å². The lowest BCUT2D eigenvalue weighted by molar-refractivity contribution is -0.238. The van der Waals surface area contributed by atoms with E-state index in [2.05, 4.69) is 18.7 Å². The molecule has 0 saturated carbocycles. The second kappa shape index (κ2) is 5.13. The summed E-state index contributed by atoms with van der Waals surface area (Å²) < 4.78 is 0. The predicted molar refractivity (Wildman–Crippen MR) is 42.0 cm³/mol. The first-order valence-electron chi connectivity index (χ1n) is 3.93. The Morgan fingerprint density at radius 3 is 2.27 bits per heavy atom. The summed E-state index contributed by atoms with van der Waals surface area (Å²) in [6.45, 7) is 5.94. The van der Waals surface area contributed by atoms with Gasteiger partial charge >= 0.3 is 5.97 Å². The van der Waals surface area contributed by atoms with Gasteiger partial charge in [-0.1, -0.05) is 27.2 Å². The van der Waals surface area contributed by atoms with Crippen molar-refractivity contribution in [2.75, 3.05) is 0 Å². The average Bonchev–Trinajstić information content (AvgIpc) is 1.98. The van der Waals surface area contributed by atoms with Crippen LogP contribution in [-0.4, -0.2) is 11.2 Å². The Kier molecular flexibility index (Phi) is 4.86. The molecule has 0 amide bonds. The maximum atomic E-state index is 10.7. The summed E-state index contributed by atoms with van der Waals surface area (Å²) in [6.07, 6.45) is 1.76. The molecule has 0 bridgehead atoms. The van der Waals surface area contributed by atoms with Crippen molar-refractivity contribution in [3.63, 3.8) is 0 Å². The molecule has 1 atom stereocenters. The smallest absolute Gasteiger partial charge is 0.301 e. The zero-order valence-electron chi connectivity index (χ0n) is 7.33. The van der Waals surface area contributed by atoms with Crippen LogP contribution in [0.3, 0.4) is 0 Å². The Morgan fingerprint density at radius 2 is 1.91 bits per heavy atom. The number of carbonyl (C=O) groups is 1. The highest BCUT2D eigenvalue weighted by Crippen LogP contribution is 2.12. The van der Waals surface area contributed by atoms with Crippen molar-refractivity contribution in [1.29, 1.82) is 0 Å². The minimum Gasteiger partial charge on any atom is -0.301 e. The Labute approximate surface area is 67.3 Å². The molecule has 0 radical (unpaired) electrons. The first kappa shape index (κ1) is 10.4. The molecule has 0 aromatic rings. The van der Waals surface area contributed by atoms with Crippen molar-refractivity contribution < 1.29 is 14.9 Å². The third-order valence-corrected chi connectivity index (χ3v) is 1.67. The largest absolute Gasteiger partial charge is 0.344 e. The van der Waals surface area contributed by atoms with E-state index in [4.69, 9.17) is 5.26 Å². The predicted octanol–water partition coefficient (Wildman–Crippen LogP) is 2.07. The summed E-state index contributed by atoms with van der Waals surface area (Å²) in [5.74, 6) is -0.142. The summed E-state index contributed by atoms with van der Waals surface area (Å²) in [5.41, 5.74) is 0. The first-order chi connectivity index (χ1) is 5.07. The van der Waals surface area contributed by atoms with E-state index in [1.54, 1.807) is 6.92 Å². The molecule has 0 aromatic heterocycles. The van der Waals surface area contributed by atoms with Gasteiger partial charge in [-0.15, -0.1) is 0 Å². The maximum absolute atomic E-state index is 10.7. The van der Waals surface area contributed by atoms with Crippen LogP contribution in [0.15, 0.2) is 0 Å². The fourth-order valence-corrected chi connectivity index (χ4v) is 0.791. The van der Waals surface area contributed by atoms with Crippen LogP contribution >= 0.6 is 0 Å². The van der Waals surface area contributed by atoms with E-state index >= 15 is 0 Å². The molecule has 0 aromatic carbocycles. The van der Waals surface area contributed by atoms with Crippen molar-refractivity contribution in [1.82, 2.24) is 0 Å². The minimum atomic E-state index is -0.536. The van der Waals surface area contributed by atoms with Crippen LogP contribution in [0, 0.1) is 11.8 Å². The minimum absolute atomic E-state index is 0.192. The van der Waals surface area contributed by atoms with E-state index in [1.807, 2.05) is 0 Å². The van der Waals surface area contributed by atoms with Gasteiger partial charge in [-0.3, -0.25) is 0 Å². The molecule has 3 heteroatoms. The van der Waals surface area contributed by atoms with E-state index in [1.165, 1.54) is 0 Å². The van der Waals surface area contributed by atoms with Crippen LogP contribution in [0.4, 0.5) is 0 Å². The van der Waals surface area contributed by atoms with Crippen molar-refractivity contribution in [3.8, 4) is 0 Å². The second-order valence-electron chi connectivity index (χ2n) is 3.28. The highest BCUT2D eigenvalue weighted by atomic mass is 17.1. The van der Waals surface area contributed by atoms with E-state index < -0.39 is 5.97 Å². The van der Waals surface area contributed by atoms with Gasteiger partial charge in [0.15, 0.2) is 0 Å². The average molecular weight is 160 g/mol. The quantitative estimate of drug-likeness (QED) is 0.506. The lowest BCUT2D eigenvalue weighted by Crippen LogP contribution is -2.13. The summed E-state index contributed by atoms with van der Waals surface area (Å²) in [4.78, 5) is 14.3. The highest BCUT2D eigenvalue weighted by Gasteiger charge is 2.14. The molecule has 0 saturated heterocycles. The van der Waals surface area contributed by atoms with E-state index in [0.717, 1.165) is 12.8 Å². The molecule has 0 fully saturated rings. The Balaban J connectivity index is 3.52. The van der Waals surface area contributed by atoms with Gasteiger partial charge in [0.1, 0.15) is 0 Å². The summed E-state index contributed by atoms with van der Waals surface area (Å²) in [6, 6.07) is 0. The molecule has 0 spiro atoms. The zero-order chi connectivity index (χ0) is 8.85. The topological polar surface area (TPSA) is 46.5 Å². The van der Waals surface area contributed by atoms with Crippen molar-refractivity contribution >= 4 is 5.97 Å². The molecule has 3 nitrogen and oxygen atoms in total. The van der Waals surface area contributed by atoms with Gasteiger partial charge in [-0.05, 0) is 12.3 Å². The van der Waals surface area contributed by atoms with Crippen molar-refractivity contribution in [2.45, 2.75) is 33.6 Å². The number of rotatable bonds is 4. The SMILES string of the molecule is CC(C)CCC(C)C(=O)OO. The molecule has 0 aliphatic rings. The molecule has 0 heterocycles. The van der Waals surface area contributed by atoms with Crippen LogP contribution in [0.5, 0.6) is 0 Å². The van der Waals surface area contributed by atoms with Crippen LogP contribution in [0.25, 0.3) is 0 Å². The van der Waals surface area contributed by atoms with Crippen LogP contribution in [0.1, 0.15) is 33.6 Å². The van der Waals surface area contributed by atoms with E-state index in [9.17, 15) is 4.79 Å². The van der Waals surface area contributed by atoms with Crippen LogP contribution < -0.4 is 0 Å². The van der Waals surface area contributed by atoms with Gasteiger partial charge in [-0.2, -0.15) is 5.26 Å². The molecule has 1 N–H and O–H groups in total. The van der Waals surface area contributed by atoms with Crippen LogP contribution in [-0.2, 0) is 9.68 Å². The first-order valence-corrected chi connectivity index (χ1v) is 3.93. The van der Waals surface area contributed by atoms with Gasteiger partial charge in [0.25, 0.3) is 0 Å². The van der Waals surface area contributed by atoms with Gasteiger partial charge in [-0.25, -0.2) is 4.79 Å². The van der Waals surface area contributed by atoms with Crippen LogP contribution in [0.2, 0.25) is 0 Å². The maximum Gasteiger partial charge on any atom is 0.344 e. The Hall–Kier alpha value is -0.570. The summed E-state index contributed by atoms with van der Waals surface area (Å²) in [5, 5.41) is 8.02. The van der Waals surface area contributed by atoms with E-state index in [-0.39, 0.29) is 5.92 Å². The standard InChI is InChI=1S/C8H16O3/c1-6(2)4-5-7(3)8(9)11-10/h6-7,10H,4-5H2,1-3H3. The van der Waals surface area contributed by atoms with Gasteiger partial charge in [0.2, 0.25) is 0 Å². The molecule has 0 aliphatic heterocycles. The molecule has 0 aliphatic carbocycles. The number of hydrogen-bond donors (Lipinski definition) is 1. The lowest BCUT2D eigenvalue weighted by Gasteiger charge is -2.08. The molecule has 66 valence electrons. The van der Waals surface area contributed by atoms with Gasteiger partial charge in [0, 0.05) is 0 Å². The molecule has 11 heavy (non-hydrogen) atoms. The molecule has 0 rings (SSSR count). The Bertz CT molecular complexity index is 121. The normalized spacial score (nSPS) is 13.2. The fraction of sp³-hybridized carbons (Fsp3) is 0.875. The number of carbonyl (C=O) groups excluding carboxylic acids is 1. The van der Waals surface area contributed by atoms with Gasteiger partial charge in [0.05, 0.1) is 5.92 Å². The zero-order valence-corrected chi connectivity index (χ0v) is 7.33. The molecular formula is C8H16O3.